The maximum atomic E-state index is 11.8. The summed E-state index contributed by atoms with van der Waals surface area (Å²) in [6, 6.07) is 2.09. The molecule has 0 spiro atoms. The highest BCUT2D eigenvalue weighted by atomic mass is 32.1. The molecule has 0 bridgehead atoms. The van der Waals surface area contributed by atoms with Gasteiger partial charge in [-0.15, -0.1) is 11.3 Å². The van der Waals surface area contributed by atoms with Crippen molar-refractivity contribution in [2.24, 2.45) is 0 Å². The summed E-state index contributed by atoms with van der Waals surface area (Å²) in [5.41, 5.74) is 0.430. The molecule has 1 rings (SSSR count). The molecule has 0 aromatic carbocycles. The van der Waals surface area contributed by atoms with Crippen LogP contribution in [0.3, 0.4) is 0 Å². The molecule has 0 fully saturated rings. The van der Waals surface area contributed by atoms with Gasteiger partial charge in [-0.05, 0) is 19.9 Å². The van der Waals surface area contributed by atoms with Crippen LogP contribution < -0.4 is 10.6 Å². The monoisotopic (exact) mass is 298 g/mol. The van der Waals surface area contributed by atoms with Crippen molar-refractivity contribution in [2.45, 2.75) is 40.2 Å². The number of thiophene rings is 1. The van der Waals surface area contributed by atoms with Crippen LogP contribution >= 0.6 is 11.3 Å². The van der Waals surface area contributed by atoms with Gasteiger partial charge in [-0.3, -0.25) is 4.79 Å². The van der Waals surface area contributed by atoms with E-state index in [0.717, 1.165) is 4.88 Å². The van der Waals surface area contributed by atoms with E-state index < -0.39 is 5.97 Å². The summed E-state index contributed by atoms with van der Waals surface area (Å²) in [6.45, 7) is 8.64. The minimum Gasteiger partial charge on any atom is -0.462 e. The van der Waals surface area contributed by atoms with Crippen LogP contribution in [0.1, 0.15) is 42.4 Å². The van der Waals surface area contributed by atoms with E-state index in [1.165, 1.54) is 11.3 Å². The largest absolute Gasteiger partial charge is 0.462 e. The van der Waals surface area contributed by atoms with Crippen LogP contribution in [0.4, 0.5) is 5.00 Å². The third-order valence-corrected chi connectivity index (χ3v) is 3.47. The molecule has 0 atom stereocenters. The van der Waals surface area contributed by atoms with Crippen molar-refractivity contribution in [1.82, 2.24) is 5.32 Å². The normalized spacial score (nSPS) is 10.7. The van der Waals surface area contributed by atoms with Crippen LogP contribution in [-0.2, 0) is 9.53 Å². The predicted molar refractivity (Wildman–Crippen MR) is 81.4 cm³/mol. The Labute approximate surface area is 123 Å². The fourth-order valence-corrected chi connectivity index (χ4v) is 2.55. The molecular weight excluding hydrogens is 276 g/mol. The van der Waals surface area contributed by atoms with Gasteiger partial charge < -0.3 is 15.4 Å². The molecule has 1 aromatic heterocycles. The van der Waals surface area contributed by atoms with Crippen LogP contribution in [0.5, 0.6) is 0 Å². The Morgan fingerprint density at radius 2 is 2.10 bits per heavy atom. The minimum absolute atomic E-state index is 0.106. The predicted octanol–water partition coefficient (Wildman–Crippen LogP) is 2.56. The van der Waals surface area contributed by atoms with Gasteiger partial charge in [-0.25, -0.2) is 4.79 Å². The first kappa shape index (κ1) is 16.7. The Bertz CT molecular complexity index is 469. The van der Waals surface area contributed by atoms with Crippen molar-refractivity contribution in [2.75, 3.05) is 18.5 Å². The Hall–Kier alpha value is -1.40. The number of nitrogens with one attached hydrogen (secondary N) is 2. The number of amides is 1. The highest BCUT2D eigenvalue weighted by molar-refractivity contribution is 7.16. The zero-order chi connectivity index (χ0) is 15.1. The van der Waals surface area contributed by atoms with Gasteiger partial charge in [0.1, 0.15) is 5.00 Å². The zero-order valence-corrected chi connectivity index (χ0v) is 13.2. The van der Waals surface area contributed by atoms with Crippen LogP contribution in [-0.4, -0.2) is 31.1 Å². The van der Waals surface area contributed by atoms with Gasteiger partial charge in [0.25, 0.3) is 0 Å². The first-order valence-electron chi connectivity index (χ1n) is 6.74. The summed E-state index contributed by atoms with van der Waals surface area (Å²) in [5, 5.41) is 6.52. The lowest BCUT2D eigenvalue weighted by molar-refractivity contribution is -0.116. The summed E-state index contributed by atoms with van der Waals surface area (Å²) >= 11 is 1.38. The van der Waals surface area contributed by atoms with Crippen molar-refractivity contribution in [3.05, 3.63) is 16.5 Å². The maximum Gasteiger partial charge on any atom is 0.341 e. The summed E-state index contributed by atoms with van der Waals surface area (Å²) < 4.78 is 4.98. The highest BCUT2D eigenvalue weighted by Gasteiger charge is 2.17. The van der Waals surface area contributed by atoms with Crippen LogP contribution in [0.2, 0.25) is 0 Å². The second-order valence-corrected chi connectivity index (χ2v) is 5.98. The number of hydrogen-bond donors (Lipinski definition) is 2. The molecule has 2 N–H and O–H groups in total. The lowest BCUT2D eigenvalue weighted by Gasteiger charge is -2.08. The van der Waals surface area contributed by atoms with Crippen molar-refractivity contribution in [3.8, 4) is 0 Å². The van der Waals surface area contributed by atoms with E-state index in [2.05, 4.69) is 10.6 Å². The molecule has 0 aliphatic carbocycles. The molecule has 0 saturated heterocycles. The Kier molecular flexibility index (Phi) is 6.67. The van der Waals surface area contributed by atoms with E-state index in [9.17, 15) is 9.59 Å². The molecule has 1 heterocycles. The number of hydrogen-bond acceptors (Lipinski definition) is 5. The maximum absolute atomic E-state index is 11.8. The number of rotatable bonds is 7. The Morgan fingerprint density at radius 3 is 2.70 bits per heavy atom. The molecule has 1 aromatic rings. The lowest BCUT2D eigenvalue weighted by atomic mass is 10.3. The summed E-state index contributed by atoms with van der Waals surface area (Å²) in [6.07, 6.45) is 0.372. The lowest BCUT2D eigenvalue weighted by Crippen LogP contribution is -2.27. The van der Waals surface area contributed by atoms with E-state index >= 15 is 0 Å². The third kappa shape index (κ3) is 5.30. The standard InChI is InChI=1S/C14H22N2O3S/c1-5-19-14(18)11-8-10(4)20-13(11)16-12(17)6-7-15-9(2)3/h8-9,15H,5-7H2,1-4H3,(H,16,17). The summed E-state index contributed by atoms with van der Waals surface area (Å²) in [4.78, 5) is 24.6. The number of aryl methyl sites for hydroxylation is 1. The van der Waals surface area contributed by atoms with Crippen LogP contribution in [0, 0.1) is 6.92 Å². The van der Waals surface area contributed by atoms with Gasteiger partial charge >= 0.3 is 5.97 Å². The van der Waals surface area contributed by atoms with E-state index in [1.807, 2.05) is 20.8 Å². The van der Waals surface area contributed by atoms with Gasteiger partial charge in [0, 0.05) is 23.9 Å². The minimum atomic E-state index is -0.396. The van der Waals surface area contributed by atoms with E-state index in [4.69, 9.17) is 4.74 Å². The molecule has 0 saturated carbocycles. The van der Waals surface area contributed by atoms with Crippen molar-refractivity contribution in [1.29, 1.82) is 0 Å². The van der Waals surface area contributed by atoms with Crippen molar-refractivity contribution in [3.63, 3.8) is 0 Å². The molecule has 6 heteroatoms. The highest BCUT2D eigenvalue weighted by Crippen LogP contribution is 2.28. The topological polar surface area (TPSA) is 67.4 Å². The molecule has 1 amide bonds. The second-order valence-electron chi connectivity index (χ2n) is 4.73. The van der Waals surface area contributed by atoms with E-state index in [0.29, 0.717) is 36.2 Å². The van der Waals surface area contributed by atoms with Gasteiger partial charge in [-0.1, -0.05) is 13.8 Å². The number of anilines is 1. The fraction of sp³-hybridized carbons (Fsp3) is 0.571. The first-order valence-corrected chi connectivity index (χ1v) is 7.56. The van der Waals surface area contributed by atoms with Crippen LogP contribution in [0.25, 0.3) is 0 Å². The molecule has 5 nitrogen and oxygen atoms in total. The summed E-state index contributed by atoms with van der Waals surface area (Å²) in [5.74, 6) is -0.502. The molecule has 0 unspecified atom stereocenters. The fourth-order valence-electron chi connectivity index (χ4n) is 1.63. The number of ether oxygens (including phenoxy) is 1. The van der Waals surface area contributed by atoms with Crippen molar-refractivity contribution < 1.29 is 14.3 Å². The van der Waals surface area contributed by atoms with E-state index in [-0.39, 0.29) is 5.91 Å². The van der Waals surface area contributed by atoms with Crippen LogP contribution in [0.15, 0.2) is 6.07 Å². The molecule has 112 valence electrons. The van der Waals surface area contributed by atoms with E-state index in [1.54, 1.807) is 13.0 Å². The van der Waals surface area contributed by atoms with Gasteiger partial charge in [0.05, 0.1) is 12.2 Å². The Morgan fingerprint density at radius 1 is 1.40 bits per heavy atom. The Balaban J connectivity index is 2.62. The average molecular weight is 298 g/mol. The van der Waals surface area contributed by atoms with Gasteiger partial charge in [0.2, 0.25) is 5.91 Å². The van der Waals surface area contributed by atoms with Gasteiger partial charge in [-0.2, -0.15) is 0 Å². The molecule has 20 heavy (non-hydrogen) atoms. The first-order chi connectivity index (χ1) is 9.43. The quantitative estimate of drug-likeness (QED) is 0.759. The molecule has 0 aliphatic heterocycles. The smallest absolute Gasteiger partial charge is 0.341 e. The average Bonchev–Trinajstić information content (AvgIpc) is 2.70. The number of esters is 1. The summed E-state index contributed by atoms with van der Waals surface area (Å²) in [7, 11) is 0. The number of carbonyl (C=O) groups excluding carboxylic acids is 2. The third-order valence-electron chi connectivity index (χ3n) is 2.51. The number of carbonyl (C=O) groups is 2. The van der Waals surface area contributed by atoms with Crippen molar-refractivity contribution >= 4 is 28.2 Å². The zero-order valence-electron chi connectivity index (χ0n) is 12.4. The second kappa shape index (κ2) is 8.01. The van der Waals surface area contributed by atoms with Gasteiger partial charge in [0.15, 0.2) is 0 Å². The SMILES string of the molecule is CCOC(=O)c1cc(C)sc1NC(=O)CCNC(C)C. The molecular formula is C14H22N2O3S. The molecule has 0 radical (unpaired) electrons. The molecule has 0 aliphatic rings.